The first-order valence-corrected chi connectivity index (χ1v) is 5.25. The zero-order valence-corrected chi connectivity index (χ0v) is 9.15. The van der Waals surface area contributed by atoms with Crippen LogP contribution in [0, 0.1) is 6.92 Å². The fourth-order valence-corrected chi connectivity index (χ4v) is 2.28. The maximum Gasteiger partial charge on any atom is 0.140 e. The van der Waals surface area contributed by atoms with Gasteiger partial charge in [0.15, 0.2) is 0 Å². The summed E-state index contributed by atoms with van der Waals surface area (Å²) in [5.41, 5.74) is 3.42. The van der Waals surface area contributed by atoms with Crippen LogP contribution in [0.3, 0.4) is 0 Å². The number of furan rings is 2. The number of aliphatic hydroxyl groups excluding tert-OH is 1. The van der Waals surface area contributed by atoms with Crippen LogP contribution in [0.1, 0.15) is 24.2 Å². The van der Waals surface area contributed by atoms with Crippen LogP contribution in [0.2, 0.25) is 0 Å². The van der Waals surface area contributed by atoms with E-state index in [4.69, 9.17) is 8.83 Å². The Morgan fingerprint density at radius 3 is 2.38 bits per heavy atom. The van der Waals surface area contributed by atoms with E-state index in [2.05, 4.69) is 0 Å². The molecule has 1 N–H and O–H groups in total. The largest absolute Gasteiger partial charge is 0.464 e. The van der Waals surface area contributed by atoms with E-state index in [0.717, 1.165) is 33.1 Å². The van der Waals surface area contributed by atoms with Crippen LogP contribution < -0.4 is 0 Å². The number of fused-ring (bicyclic) bond motifs is 2. The summed E-state index contributed by atoms with van der Waals surface area (Å²) in [5, 5.41) is 11.8. The first-order valence-electron chi connectivity index (χ1n) is 5.25. The first-order chi connectivity index (χ1) is 7.70. The van der Waals surface area contributed by atoms with Crippen LogP contribution in [0.15, 0.2) is 33.5 Å². The van der Waals surface area contributed by atoms with Crippen molar-refractivity contribution in [1.82, 2.24) is 0 Å². The topological polar surface area (TPSA) is 46.5 Å². The highest BCUT2D eigenvalue weighted by Crippen LogP contribution is 2.36. The van der Waals surface area contributed by atoms with Crippen LogP contribution in [0.4, 0.5) is 0 Å². The molecule has 3 nitrogen and oxygen atoms in total. The van der Waals surface area contributed by atoms with Gasteiger partial charge in [-0.25, -0.2) is 0 Å². The van der Waals surface area contributed by atoms with Crippen molar-refractivity contribution in [3.05, 3.63) is 35.8 Å². The molecule has 0 amide bonds. The molecule has 1 unspecified atom stereocenters. The van der Waals surface area contributed by atoms with E-state index in [1.165, 1.54) is 0 Å². The second-order valence-electron chi connectivity index (χ2n) is 4.04. The van der Waals surface area contributed by atoms with Gasteiger partial charge in [-0.05, 0) is 26.0 Å². The third-order valence-electron chi connectivity index (χ3n) is 3.03. The van der Waals surface area contributed by atoms with Crippen molar-refractivity contribution in [3.63, 3.8) is 0 Å². The molecular weight excluding hydrogens is 204 g/mol. The Labute approximate surface area is 92.3 Å². The molecule has 0 saturated heterocycles. The summed E-state index contributed by atoms with van der Waals surface area (Å²) in [6.45, 7) is 3.73. The second kappa shape index (κ2) is 3.12. The third kappa shape index (κ3) is 1.06. The van der Waals surface area contributed by atoms with Gasteiger partial charge in [0.05, 0.1) is 18.6 Å². The molecule has 0 aliphatic heterocycles. The third-order valence-corrected chi connectivity index (χ3v) is 3.03. The monoisotopic (exact) mass is 216 g/mol. The highest BCUT2D eigenvalue weighted by atomic mass is 16.3. The van der Waals surface area contributed by atoms with Crippen LogP contribution in [-0.2, 0) is 0 Å². The minimum Gasteiger partial charge on any atom is -0.464 e. The summed E-state index contributed by atoms with van der Waals surface area (Å²) >= 11 is 0. The highest BCUT2D eigenvalue weighted by molar-refractivity contribution is 6.01. The van der Waals surface area contributed by atoms with E-state index in [0.29, 0.717) is 0 Å². The average molecular weight is 216 g/mol. The highest BCUT2D eigenvalue weighted by Gasteiger charge is 2.18. The van der Waals surface area contributed by atoms with Crippen molar-refractivity contribution in [2.45, 2.75) is 20.0 Å². The maximum absolute atomic E-state index is 9.85. The molecule has 3 rings (SSSR count). The number of aryl methyl sites for hydroxylation is 1. The Hall–Kier alpha value is -1.74. The van der Waals surface area contributed by atoms with Gasteiger partial charge in [0.2, 0.25) is 0 Å². The van der Waals surface area contributed by atoms with E-state index >= 15 is 0 Å². The Kier molecular flexibility index (Phi) is 1.85. The fourth-order valence-electron chi connectivity index (χ4n) is 2.28. The van der Waals surface area contributed by atoms with Gasteiger partial charge >= 0.3 is 0 Å². The summed E-state index contributed by atoms with van der Waals surface area (Å²) < 4.78 is 10.9. The lowest BCUT2D eigenvalue weighted by molar-refractivity contribution is 0.201. The lowest BCUT2D eigenvalue weighted by Gasteiger charge is -2.08. The van der Waals surface area contributed by atoms with Crippen molar-refractivity contribution in [2.75, 3.05) is 0 Å². The number of aliphatic hydroxyl groups is 1. The van der Waals surface area contributed by atoms with Gasteiger partial charge < -0.3 is 13.9 Å². The van der Waals surface area contributed by atoms with E-state index < -0.39 is 6.10 Å². The summed E-state index contributed by atoms with van der Waals surface area (Å²) in [7, 11) is 0. The zero-order valence-electron chi connectivity index (χ0n) is 9.15. The van der Waals surface area contributed by atoms with Gasteiger partial charge in [-0.1, -0.05) is 0 Å². The SMILES string of the molecule is Cc1c2ccoc2c(C(C)O)c2ccoc12. The van der Waals surface area contributed by atoms with E-state index in [-0.39, 0.29) is 0 Å². The molecule has 3 aromatic rings. The predicted octanol–water partition coefficient (Wildman–Crippen LogP) is 3.54. The van der Waals surface area contributed by atoms with Gasteiger partial charge in [0.1, 0.15) is 11.2 Å². The minimum atomic E-state index is -0.575. The Bertz CT molecular complexity index is 606. The van der Waals surface area contributed by atoms with Crippen LogP contribution in [0.25, 0.3) is 21.9 Å². The Morgan fingerprint density at radius 1 is 1.06 bits per heavy atom. The fraction of sp³-hybridized carbons (Fsp3) is 0.231. The molecule has 3 heteroatoms. The molecule has 16 heavy (non-hydrogen) atoms. The molecule has 0 aliphatic carbocycles. The van der Waals surface area contributed by atoms with Crippen molar-refractivity contribution in [3.8, 4) is 0 Å². The first kappa shape index (κ1) is 9.48. The molecule has 1 atom stereocenters. The maximum atomic E-state index is 9.85. The summed E-state index contributed by atoms with van der Waals surface area (Å²) in [6, 6.07) is 3.77. The van der Waals surface area contributed by atoms with Gasteiger partial charge in [0.25, 0.3) is 0 Å². The molecular formula is C13H12O3. The lowest BCUT2D eigenvalue weighted by Crippen LogP contribution is -1.93. The second-order valence-corrected chi connectivity index (χ2v) is 4.04. The molecule has 82 valence electrons. The molecule has 0 bridgehead atoms. The van der Waals surface area contributed by atoms with Crippen LogP contribution >= 0.6 is 0 Å². The molecule has 1 aromatic carbocycles. The van der Waals surface area contributed by atoms with E-state index in [9.17, 15) is 5.11 Å². The molecule has 2 heterocycles. The summed E-state index contributed by atoms with van der Waals surface area (Å²) in [5.74, 6) is 0. The molecule has 0 saturated carbocycles. The van der Waals surface area contributed by atoms with Crippen LogP contribution in [-0.4, -0.2) is 5.11 Å². The quantitative estimate of drug-likeness (QED) is 0.676. The summed E-state index contributed by atoms with van der Waals surface area (Å²) in [6.07, 6.45) is 2.71. The summed E-state index contributed by atoms with van der Waals surface area (Å²) in [4.78, 5) is 0. The Balaban J connectivity index is 2.62. The van der Waals surface area contributed by atoms with Gasteiger partial charge in [0, 0.05) is 21.9 Å². The molecule has 0 radical (unpaired) electrons. The molecule has 0 aliphatic rings. The van der Waals surface area contributed by atoms with Gasteiger partial charge in [-0.2, -0.15) is 0 Å². The average Bonchev–Trinajstić information content (AvgIpc) is 2.84. The Morgan fingerprint density at radius 2 is 1.69 bits per heavy atom. The van der Waals surface area contributed by atoms with E-state index in [1.54, 1.807) is 19.5 Å². The molecule has 2 aromatic heterocycles. The van der Waals surface area contributed by atoms with Gasteiger partial charge in [-0.3, -0.25) is 0 Å². The lowest BCUT2D eigenvalue weighted by atomic mass is 9.99. The van der Waals surface area contributed by atoms with Crippen molar-refractivity contribution in [1.29, 1.82) is 0 Å². The van der Waals surface area contributed by atoms with Gasteiger partial charge in [-0.15, -0.1) is 0 Å². The smallest absolute Gasteiger partial charge is 0.140 e. The van der Waals surface area contributed by atoms with Crippen molar-refractivity contribution >= 4 is 21.9 Å². The molecule has 0 fully saturated rings. The van der Waals surface area contributed by atoms with Crippen molar-refractivity contribution < 1.29 is 13.9 Å². The number of benzene rings is 1. The van der Waals surface area contributed by atoms with E-state index in [1.807, 2.05) is 19.1 Å². The number of rotatable bonds is 1. The van der Waals surface area contributed by atoms with Crippen LogP contribution in [0.5, 0.6) is 0 Å². The normalized spacial score (nSPS) is 13.7. The number of hydrogen-bond donors (Lipinski definition) is 1. The zero-order chi connectivity index (χ0) is 11.3. The number of hydrogen-bond acceptors (Lipinski definition) is 3. The predicted molar refractivity (Wildman–Crippen MR) is 61.4 cm³/mol. The molecule has 0 spiro atoms. The minimum absolute atomic E-state index is 0.575. The standard InChI is InChI=1S/C13H12O3/c1-7-9-3-5-16-13(9)11(8(2)14)10-4-6-15-12(7)10/h3-6,8,14H,1-2H3. The van der Waals surface area contributed by atoms with Crippen molar-refractivity contribution in [2.24, 2.45) is 0 Å².